The Morgan fingerprint density at radius 1 is 1.10 bits per heavy atom. The summed E-state index contributed by atoms with van der Waals surface area (Å²) in [5.74, 6) is -0.923. The van der Waals surface area contributed by atoms with Gasteiger partial charge in [0.15, 0.2) is 0 Å². The molecular weight excluding hydrogens is 288 g/mol. The van der Waals surface area contributed by atoms with E-state index in [1.807, 2.05) is 0 Å². The molecule has 3 nitrogen and oxygen atoms in total. The molecule has 1 aromatic carbocycles. The monoisotopic (exact) mass is 296 g/mol. The predicted octanol–water partition coefficient (Wildman–Crippen LogP) is 4.27. The lowest BCUT2D eigenvalue weighted by atomic mass is 10.0. The fourth-order valence-corrected chi connectivity index (χ4v) is 2.10. The van der Waals surface area contributed by atoms with Crippen molar-refractivity contribution in [2.24, 2.45) is 0 Å². The molecule has 0 aliphatic rings. The first kappa shape index (κ1) is 13.4. The lowest BCUT2D eigenvalue weighted by Gasteiger charge is -2.12. The third-order valence-electron chi connectivity index (χ3n) is 2.90. The number of alkyl halides is 3. The number of para-hydroxylation sites is 1. The number of ether oxygens (including phenoxy) is 1. The Morgan fingerprint density at radius 3 is 2.62 bits per heavy atom. The molecule has 108 valence electrons. The van der Waals surface area contributed by atoms with E-state index < -0.39 is 12.2 Å². The van der Waals surface area contributed by atoms with Crippen LogP contribution in [0.15, 0.2) is 42.7 Å². The lowest BCUT2D eigenvalue weighted by Crippen LogP contribution is -2.17. The molecule has 0 aliphatic carbocycles. The quantitative estimate of drug-likeness (QED) is 0.717. The summed E-state index contributed by atoms with van der Waals surface area (Å²) >= 11 is 0. The first-order chi connectivity index (χ1) is 9.94. The fraction of sp³-hybridized carbons (Fsp3) is 0.0714. The van der Waals surface area contributed by atoms with Crippen molar-refractivity contribution < 1.29 is 22.3 Å². The summed E-state index contributed by atoms with van der Waals surface area (Å²) in [5.41, 5.74) is 0.971. The van der Waals surface area contributed by atoms with E-state index in [4.69, 9.17) is 0 Å². The molecule has 0 unspecified atom stereocenters. The van der Waals surface area contributed by atoms with Crippen molar-refractivity contribution in [2.45, 2.75) is 6.36 Å². The maximum absolute atomic E-state index is 13.3. The van der Waals surface area contributed by atoms with Gasteiger partial charge < -0.3 is 9.72 Å². The molecule has 0 spiro atoms. The van der Waals surface area contributed by atoms with Crippen LogP contribution in [0.2, 0.25) is 0 Å². The molecule has 0 saturated heterocycles. The normalized spacial score (nSPS) is 11.8. The molecule has 1 N–H and O–H groups in total. The summed E-state index contributed by atoms with van der Waals surface area (Å²) in [7, 11) is 0. The Balaban J connectivity index is 2.17. The highest BCUT2D eigenvalue weighted by Gasteiger charge is 2.32. The number of H-pyrrole nitrogens is 1. The van der Waals surface area contributed by atoms with E-state index in [0.29, 0.717) is 16.6 Å². The number of hydrogen-bond acceptors (Lipinski definition) is 2. The number of nitrogens with one attached hydrogen (secondary N) is 1. The number of halogens is 4. The zero-order chi connectivity index (χ0) is 15.0. The van der Waals surface area contributed by atoms with Crippen molar-refractivity contribution in [2.75, 3.05) is 0 Å². The Labute approximate surface area is 116 Å². The highest BCUT2D eigenvalue weighted by Crippen LogP contribution is 2.37. The van der Waals surface area contributed by atoms with Gasteiger partial charge in [-0.15, -0.1) is 13.2 Å². The third kappa shape index (κ3) is 2.67. The summed E-state index contributed by atoms with van der Waals surface area (Å²) in [6.45, 7) is 0. The van der Waals surface area contributed by atoms with E-state index in [1.54, 1.807) is 6.07 Å². The molecular formula is C14H8F4N2O. The van der Waals surface area contributed by atoms with E-state index in [2.05, 4.69) is 14.7 Å². The van der Waals surface area contributed by atoms with E-state index in [0.717, 1.165) is 6.20 Å². The summed E-state index contributed by atoms with van der Waals surface area (Å²) in [5, 5.41) is 0.383. The maximum atomic E-state index is 13.3. The van der Waals surface area contributed by atoms with Crippen molar-refractivity contribution in [1.82, 2.24) is 9.97 Å². The van der Waals surface area contributed by atoms with Gasteiger partial charge in [-0.05, 0) is 12.1 Å². The second kappa shape index (κ2) is 4.76. The number of aromatic amines is 1. The van der Waals surface area contributed by atoms with Gasteiger partial charge >= 0.3 is 6.36 Å². The minimum atomic E-state index is -4.80. The van der Waals surface area contributed by atoms with Crippen molar-refractivity contribution in [1.29, 1.82) is 0 Å². The molecule has 0 aliphatic heterocycles. The Hall–Kier alpha value is -2.57. The fourth-order valence-electron chi connectivity index (χ4n) is 2.10. The van der Waals surface area contributed by atoms with Gasteiger partial charge in [0, 0.05) is 22.7 Å². The first-order valence-electron chi connectivity index (χ1n) is 5.92. The molecule has 0 bridgehead atoms. The van der Waals surface area contributed by atoms with Gasteiger partial charge in [0.05, 0.1) is 6.20 Å². The van der Waals surface area contributed by atoms with Crippen LogP contribution >= 0.6 is 0 Å². The molecule has 2 heterocycles. The minimum Gasteiger partial charge on any atom is -0.405 e. The van der Waals surface area contributed by atoms with Gasteiger partial charge in [0.1, 0.15) is 17.2 Å². The number of benzene rings is 1. The maximum Gasteiger partial charge on any atom is 0.573 e. The van der Waals surface area contributed by atoms with Gasteiger partial charge in [0.2, 0.25) is 0 Å². The largest absolute Gasteiger partial charge is 0.573 e. The number of hydrogen-bond donors (Lipinski definition) is 1. The predicted molar refractivity (Wildman–Crippen MR) is 68.2 cm³/mol. The molecule has 0 amide bonds. The zero-order valence-electron chi connectivity index (χ0n) is 10.4. The SMILES string of the molecule is Fc1cnc2[nH]cc(-c3ccccc3OC(F)(F)F)c2c1. The van der Waals surface area contributed by atoms with Gasteiger partial charge in [-0.1, -0.05) is 18.2 Å². The van der Waals surface area contributed by atoms with Crippen LogP contribution in [0.4, 0.5) is 17.6 Å². The molecule has 0 fully saturated rings. The van der Waals surface area contributed by atoms with Crippen molar-refractivity contribution in [3.8, 4) is 16.9 Å². The summed E-state index contributed by atoms with van der Waals surface area (Å²) in [4.78, 5) is 6.63. The topological polar surface area (TPSA) is 37.9 Å². The van der Waals surface area contributed by atoms with Crippen LogP contribution in [0.5, 0.6) is 5.75 Å². The van der Waals surface area contributed by atoms with Crippen LogP contribution in [0, 0.1) is 5.82 Å². The molecule has 3 aromatic rings. The van der Waals surface area contributed by atoms with E-state index >= 15 is 0 Å². The summed E-state index contributed by atoms with van der Waals surface area (Å²) in [6.07, 6.45) is -2.30. The standard InChI is InChI=1S/C14H8F4N2O/c15-8-5-10-11(7-20-13(10)19-6-8)9-3-1-2-4-12(9)21-14(16,17)18/h1-7H,(H,19,20). The highest BCUT2D eigenvalue weighted by atomic mass is 19.4. The molecule has 0 saturated carbocycles. The van der Waals surface area contributed by atoms with Gasteiger partial charge in [0.25, 0.3) is 0 Å². The van der Waals surface area contributed by atoms with Crippen molar-refractivity contribution in [3.05, 3.63) is 48.5 Å². The van der Waals surface area contributed by atoms with E-state index in [9.17, 15) is 17.6 Å². The Bertz CT molecular complexity index is 795. The third-order valence-corrected chi connectivity index (χ3v) is 2.90. The van der Waals surface area contributed by atoms with Crippen LogP contribution < -0.4 is 4.74 Å². The number of aromatic nitrogens is 2. The van der Waals surface area contributed by atoms with Crippen LogP contribution in [0.1, 0.15) is 0 Å². The van der Waals surface area contributed by atoms with Crippen molar-refractivity contribution >= 4 is 11.0 Å². The zero-order valence-corrected chi connectivity index (χ0v) is 10.4. The average Bonchev–Trinajstić information content (AvgIpc) is 2.80. The average molecular weight is 296 g/mol. The Morgan fingerprint density at radius 2 is 1.86 bits per heavy atom. The van der Waals surface area contributed by atoms with Crippen LogP contribution in [-0.2, 0) is 0 Å². The molecule has 0 radical (unpaired) electrons. The highest BCUT2D eigenvalue weighted by molar-refractivity contribution is 5.95. The molecule has 7 heteroatoms. The van der Waals surface area contributed by atoms with Crippen LogP contribution in [-0.4, -0.2) is 16.3 Å². The van der Waals surface area contributed by atoms with E-state index in [1.165, 1.54) is 30.5 Å². The minimum absolute atomic E-state index is 0.202. The Kier molecular flexibility index (Phi) is 3.04. The number of fused-ring (bicyclic) bond motifs is 1. The molecule has 3 rings (SSSR count). The molecule has 2 aromatic heterocycles. The summed E-state index contributed by atoms with van der Waals surface area (Å²) < 4.78 is 54.6. The number of rotatable bonds is 2. The number of nitrogens with zero attached hydrogens (tertiary/aromatic N) is 1. The van der Waals surface area contributed by atoms with Crippen LogP contribution in [0.25, 0.3) is 22.2 Å². The molecule has 21 heavy (non-hydrogen) atoms. The van der Waals surface area contributed by atoms with Gasteiger partial charge in [-0.2, -0.15) is 0 Å². The summed E-state index contributed by atoms with van der Waals surface area (Å²) in [6, 6.07) is 6.88. The van der Waals surface area contributed by atoms with Gasteiger partial charge in [-0.3, -0.25) is 0 Å². The molecule has 0 atom stereocenters. The number of pyridine rings is 1. The second-order valence-electron chi connectivity index (χ2n) is 4.30. The van der Waals surface area contributed by atoms with E-state index in [-0.39, 0.29) is 11.3 Å². The van der Waals surface area contributed by atoms with Crippen LogP contribution in [0.3, 0.4) is 0 Å². The smallest absolute Gasteiger partial charge is 0.405 e. The van der Waals surface area contributed by atoms with Crippen molar-refractivity contribution in [3.63, 3.8) is 0 Å². The second-order valence-corrected chi connectivity index (χ2v) is 4.30. The first-order valence-corrected chi connectivity index (χ1v) is 5.92. The van der Waals surface area contributed by atoms with Gasteiger partial charge in [-0.25, -0.2) is 9.37 Å². The lowest BCUT2D eigenvalue weighted by molar-refractivity contribution is -0.274.